The summed E-state index contributed by atoms with van der Waals surface area (Å²) in [6.07, 6.45) is 1.58. The molecule has 0 N–H and O–H groups in total. The largest absolute Gasteiger partial charge is 0.0978 e. The van der Waals surface area contributed by atoms with E-state index in [1.54, 1.807) is 0 Å². The van der Waals surface area contributed by atoms with Gasteiger partial charge in [-0.1, -0.05) is 47.3 Å². The van der Waals surface area contributed by atoms with Gasteiger partial charge >= 0.3 is 0 Å². The summed E-state index contributed by atoms with van der Waals surface area (Å²) in [5, 5.41) is 3.47. The Labute approximate surface area is 117 Å². The molecular weight excluding hydrogens is 246 g/mol. The minimum Gasteiger partial charge on any atom is -0.0978 e. The van der Waals surface area contributed by atoms with E-state index in [0.717, 1.165) is 12.0 Å². The fraction of sp³-hybridized carbons (Fsp3) is 0.176. The number of fused-ring (bicyclic) bond motifs is 3. The zero-order chi connectivity index (χ0) is 13.8. The number of hydrogen-bond acceptors (Lipinski definition) is 1. The summed E-state index contributed by atoms with van der Waals surface area (Å²) >= 11 is 0. The lowest BCUT2D eigenvalue weighted by Crippen LogP contribution is -1.83. The second kappa shape index (κ2) is 5.52. The van der Waals surface area contributed by atoms with Crippen molar-refractivity contribution in [1.29, 1.82) is 0 Å². The first kappa shape index (κ1) is 12.3. The van der Waals surface area contributed by atoms with Gasteiger partial charge in [0.25, 0.3) is 0 Å². The average Bonchev–Trinajstić information content (AvgIpc) is 2.84. The van der Waals surface area contributed by atoms with Crippen molar-refractivity contribution in [3.05, 3.63) is 69.6 Å². The van der Waals surface area contributed by atoms with E-state index < -0.39 is 0 Å². The van der Waals surface area contributed by atoms with Crippen LogP contribution >= 0.6 is 0 Å². The third-order valence-corrected chi connectivity index (χ3v) is 3.43. The molecule has 1 aliphatic rings. The Morgan fingerprint density at radius 2 is 1.95 bits per heavy atom. The van der Waals surface area contributed by atoms with Gasteiger partial charge in [-0.25, -0.2) is 0 Å². The van der Waals surface area contributed by atoms with Crippen LogP contribution in [0.5, 0.6) is 0 Å². The van der Waals surface area contributed by atoms with Gasteiger partial charge in [-0.3, -0.25) is 0 Å². The van der Waals surface area contributed by atoms with E-state index in [1.807, 2.05) is 0 Å². The van der Waals surface area contributed by atoms with Crippen molar-refractivity contribution >= 4 is 0 Å². The Morgan fingerprint density at radius 3 is 2.85 bits per heavy atom. The Kier molecular flexibility index (Phi) is 3.41. The lowest BCUT2D eigenvalue weighted by molar-refractivity contribution is 1.01. The summed E-state index contributed by atoms with van der Waals surface area (Å²) in [6, 6.07) is 14.9. The van der Waals surface area contributed by atoms with Crippen LogP contribution < -0.4 is 0 Å². The molecule has 2 aromatic carbocycles. The van der Waals surface area contributed by atoms with Gasteiger partial charge in [0.15, 0.2) is 0 Å². The maximum absolute atomic E-state index is 8.18. The van der Waals surface area contributed by atoms with E-state index in [0.29, 0.717) is 13.0 Å². The molecule has 0 radical (unpaired) electrons. The highest BCUT2D eigenvalue weighted by Crippen LogP contribution is 2.36. The molecule has 20 heavy (non-hydrogen) atoms. The fourth-order valence-corrected chi connectivity index (χ4v) is 2.54. The molecule has 0 fully saturated rings. The van der Waals surface area contributed by atoms with Crippen LogP contribution in [0.3, 0.4) is 0 Å². The van der Waals surface area contributed by atoms with Crippen LogP contribution in [0.25, 0.3) is 21.6 Å². The summed E-state index contributed by atoms with van der Waals surface area (Å²) < 4.78 is 0. The summed E-state index contributed by atoms with van der Waals surface area (Å²) in [7, 11) is 0. The normalized spacial score (nSPS) is 10.8. The lowest BCUT2D eigenvalue weighted by atomic mass is 10.0. The van der Waals surface area contributed by atoms with Gasteiger partial charge in [0.1, 0.15) is 0 Å². The van der Waals surface area contributed by atoms with Crippen LogP contribution in [0.15, 0.2) is 47.6 Å². The van der Waals surface area contributed by atoms with Crippen LogP contribution in [0.2, 0.25) is 0 Å². The van der Waals surface area contributed by atoms with Crippen molar-refractivity contribution in [2.45, 2.75) is 12.8 Å². The molecule has 0 atom stereocenters. The van der Waals surface area contributed by atoms with Crippen molar-refractivity contribution < 1.29 is 0 Å². The zero-order valence-electron chi connectivity index (χ0n) is 11.0. The van der Waals surface area contributed by atoms with Crippen LogP contribution in [-0.2, 0) is 6.42 Å². The molecule has 1 aliphatic carbocycles. The maximum Gasteiger partial charge on any atom is 0.0367 e. The molecule has 96 valence electrons. The molecule has 0 saturated heterocycles. The summed E-state index contributed by atoms with van der Waals surface area (Å²) in [6.45, 7) is 0.430. The monoisotopic (exact) mass is 259 g/mol. The first-order valence-corrected chi connectivity index (χ1v) is 6.59. The van der Waals surface area contributed by atoms with Gasteiger partial charge in [0.2, 0.25) is 0 Å². The molecule has 0 amide bonds. The quantitative estimate of drug-likeness (QED) is 0.216. The molecular formula is C17H13N3. The van der Waals surface area contributed by atoms with Crippen LogP contribution in [0.4, 0.5) is 0 Å². The highest BCUT2D eigenvalue weighted by Gasteiger charge is 2.17. The molecule has 0 bridgehead atoms. The highest BCUT2D eigenvalue weighted by molar-refractivity contribution is 5.77. The number of benzene rings is 2. The zero-order valence-corrected chi connectivity index (χ0v) is 11.0. The minimum absolute atomic E-state index is 0.430. The first-order valence-electron chi connectivity index (χ1n) is 6.59. The molecule has 3 heteroatoms. The van der Waals surface area contributed by atoms with E-state index in [1.165, 1.54) is 22.3 Å². The van der Waals surface area contributed by atoms with Gasteiger partial charge in [-0.2, -0.15) is 0 Å². The van der Waals surface area contributed by atoms with Crippen LogP contribution in [-0.4, -0.2) is 6.54 Å². The summed E-state index contributed by atoms with van der Waals surface area (Å²) in [5.41, 5.74) is 14.6. The van der Waals surface area contributed by atoms with Crippen molar-refractivity contribution in [2.75, 3.05) is 6.54 Å². The highest BCUT2D eigenvalue weighted by atomic mass is 15.1. The number of rotatable bonds is 2. The standard InChI is InChI=1S/C17H13N3/c18-20-19-10-4-3-5-13-8-9-17-15(11-13)12-14-6-1-2-7-16(14)17/h1-2,6-9,11H,4,10,12H2. The van der Waals surface area contributed by atoms with E-state index in [9.17, 15) is 0 Å². The Morgan fingerprint density at radius 1 is 1.10 bits per heavy atom. The second-order valence-electron chi connectivity index (χ2n) is 4.71. The Balaban J connectivity index is 1.82. The Hall–Kier alpha value is -2.69. The van der Waals surface area contributed by atoms with E-state index in [4.69, 9.17) is 5.53 Å². The molecule has 0 heterocycles. The van der Waals surface area contributed by atoms with Crippen molar-refractivity contribution in [2.24, 2.45) is 5.11 Å². The smallest absolute Gasteiger partial charge is 0.0367 e. The van der Waals surface area contributed by atoms with Gasteiger partial charge in [-0.05, 0) is 46.3 Å². The van der Waals surface area contributed by atoms with Crippen molar-refractivity contribution in [3.8, 4) is 23.0 Å². The fourth-order valence-electron chi connectivity index (χ4n) is 2.54. The second-order valence-corrected chi connectivity index (χ2v) is 4.71. The van der Waals surface area contributed by atoms with E-state index in [-0.39, 0.29) is 0 Å². The third kappa shape index (κ3) is 2.38. The van der Waals surface area contributed by atoms with Crippen LogP contribution in [0.1, 0.15) is 23.1 Å². The van der Waals surface area contributed by atoms with Crippen LogP contribution in [0, 0.1) is 11.8 Å². The SMILES string of the molecule is [N-]=[N+]=NCCC#Cc1ccc2c(c1)Cc1ccccc1-2. The number of azide groups is 1. The molecule has 0 spiro atoms. The first-order chi connectivity index (χ1) is 9.88. The molecule has 3 nitrogen and oxygen atoms in total. The molecule has 2 aromatic rings. The van der Waals surface area contributed by atoms with E-state index >= 15 is 0 Å². The Bertz CT molecular complexity index is 759. The predicted molar refractivity (Wildman–Crippen MR) is 80.2 cm³/mol. The molecule has 0 aromatic heterocycles. The minimum atomic E-state index is 0.430. The number of nitrogens with zero attached hydrogens (tertiary/aromatic N) is 3. The van der Waals surface area contributed by atoms with E-state index in [2.05, 4.69) is 64.3 Å². The summed E-state index contributed by atoms with van der Waals surface area (Å²) in [5.74, 6) is 6.16. The third-order valence-electron chi connectivity index (χ3n) is 3.43. The van der Waals surface area contributed by atoms with Gasteiger partial charge in [0.05, 0.1) is 0 Å². The predicted octanol–water partition coefficient (Wildman–Crippen LogP) is 4.31. The van der Waals surface area contributed by atoms with Crippen molar-refractivity contribution in [3.63, 3.8) is 0 Å². The van der Waals surface area contributed by atoms with Gasteiger partial charge in [0, 0.05) is 23.4 Å². The lowest BCUT2D eigenvalue weighted by Gasteiger charge is -2.00. The topological polar surface area (TPSA) is 48.8 Å². The molecule has 0 saturated carbocycles. The molecule has 0 unspecified atom stereocenters. The van der Waals surface area contributed by atoms with Crippen molar-refractivity contribution in [1.82, 2.24) is 0 Å². The maximum atomic E-state index is 8.18. The van der Waals surface area contributed by atoms with Gasteiger partial charge < -0.3 is 0 Å². The average molecular weight is 259 g/mol. The summed E-state index contributed by atoms with van der Waals surface area (Å²) in [4.78, 5) is 2.71. The molecule has 3 rings (SSSR count). The van der Waals surface area contributed by atoms with Gasteiger partial charge in [-0.15, -0.1) is 0 Å². The molecule has 0 aliphatic heterocycles. The number of hydrogen-bond donors (Lipinski definition) is 0.